The predicted octanol–water partition coefficient (Wildman–Crippen LogP) is 6.38. The minimum atomic E-state index is -0.535. The molecule has 1 aromatic carbocycles. The highest BCUT2D eigenvalue weighted by molar-refractivity contribution is 5.88. The first kappa shape index (κ1) is 28.2. The molecule has 2 amide bonds. The lowest BCUT2D eigenvalue weighted by molar-refractivity contribution is -0.139. The van der Waals surface area contributed by atoms with Crippen molar-refractivity contribution in [2.75, 3.05) is 6.54 Å². The second-order valence-corrected chi connectivity index (χ2v) is 12.5. The monoisotopic (exact) mass is 493 g/mol. The van der Waals surface area contributed by atoms with Gasteiger partial charge in [-0.2, -0.15) is 5.26 Å². The number of nitriles is 1. The van der Waals surface area contributed by atoms with Gasteiger partial charge >= 0.3 is 0 Å². The van der Waals surface area contributed by atoms with E-state index in [0.717, 1.165) is 63.4 Å². The third kappa shape index (κ3) is 6.69. The lowest BCUT2D eigenvalue weighted by Gasteiger charge is -2.37. The molecular formula is C31H47N3O2. The summed E-state index contributed by atoms with van der Waals surface area (Å²) in [5.74, 6) is 1.02. The molecule has 36 heavy (non-hydrogen) atoms. The molecule has 0 bridgehead atoms. The quantitative estimate of drug-likeness (QED) is 0.406. The van der Waals surface area contributed by atoms with Crippen molar-refractivity contribution < 1.29 is 9.59 Å². The molecule has 2 atom stereocenters. The third-order valence-corrected chi connectivity index (χ3v) is 8.86. The van der Waals surface area contributed by atoms with Gasteiger partial charge in [0.1, 0.15) is 6.04 Å². The van der Waals surface area contributed by atoms with E-state index in [9.17, 15) is 14.9 Å². The zero-order valence-corrected chi connectivity index (χ0v) is 23.2. The first-order chi connectivity index (χ1) is 17.1. The zero-order valence-electron chi connectivity index (χ0n) is 23.2. The first-order valence-electron chi connectivity index (χ1n) is 14.1. The van der Waals surface area contributed by atoms with Crippen LogP contribution >= 0.6 is 0 Å². The van der Waals surface area contributed by atoms with E-state index in [1.54, 1.807) is 0 Å². The second kappa shape index (κ2) is 12.3. The minimum absolute atomic E-state index is 0.0347. The maximum Gasteiger partial charge on any atom is 0.243 e. The van der Waals surface area contributed by atoms with E-state index in [4.69, 9.17) is 0 Å². The van der Waals surface area contributed by atoms with E-state index in [2.05, 4.69) is 46.0 Å². The molecule has 5 nitrogen and oxygen atoms in total. The van der Waals surface area contributed by atoms with Crippen molar-refractivity contribution in [1.29, 1.82) is 5.26 Å². The highest BCUT2D eigenvalue weighted by Gasteiger charge is 2.37. The number of hydrogen-bond donors (Lipinski definition) is 1. The average Bonchev–Trinajstić information content (AvgIpc) is 3.35. The molecule has 2 aliphatic rings. The number of nitrogens with zero attached hydrogens (tertiary/aromatic N) is 2. The molecule has 1 saturated heterocycles. The number of carbonyl (C=O) groups is 2. The van der Waals surface area contributed by atoms with Crippen molar-refractivity contribution in [2.24, 2.45) is 17.3 Å². The summed E-state index contributed by atoms with van der Waals surface area (Å²) in [7, 11) is 0. The Kier molecular flexibility index (Phi) is 9.61. The Morgan fingerprint density at radius 1 is 1.06 bits per heavy atom. The predicted molar refractivity (Wildman–Crippen MR) is 145 cm³/mol. The lowest BCUT2D eigenvalue weighted by atomic mass is 9.69. The van der Waals surface area contributed by atoms with Crippen LogP contribution in [0.1, 0.15) is 104 Å². The summed E-state index contributed by atoms with van der Waals surface area (Å²) >= 11 is 0. The number of rotatable bonds is 9. The van der Waals surface area contributed by atoms with Crippen molar-refractivity contribution in [3.05, 3.63) is 35.9 Å². The number of carbonyl (C=O) groups excluding carboxylic acids is 2. The Labute approximate surface area is 219 Å². The molecule has 1 aliphatic carbocycles. The SMILES string of the molecule is CC(C)[C@@](C#N)(CCCCC(=O)N1CCC[C@@H]1C(=O)NC1CCC(C(C)(C)C)CC1)c1ccccc1. The van der Waals surface area contributed by atoms with Crippen molar-refractivity contribution >= 4 is 11.8 Å². The van der Waals surface area contributed by atoms with Crippen molar-refractivity contribution in [3.8, 4) is 6.07 Å². The van der Waals surface area contributed by atoms with Gasteiger partial charge in [0.25, 0.3) is 0 Å². The van der Waals surface area contributed by atoms with E-state index in [-0.39, 0.29) is 29.8 Å². The Hall–Kier alpha value is -2.35. The standard InChI is InChI=1S/C31H47N3O2/c1-23(2)31(22-32,25-12-7-6-8-13-25)20-10-9-15-28(35)34-21-11-14-27(34)29(36)33-26-18-16-24(17-19-26)30(3,4)5/h6-8,12-13,23-24,26-27H,9-11,14-21H2,1-5H3,(H,33,36)/t24?,26?,27-,31+/m1/s1. The maximum absolute atomic E-state index is 13.1. The summed E-state index contributed by atoms with van der Waals surface area (Å²) in [6, 6.07) is 12.5. The van der Waals surface area contributed by atoms with Crippen LogP contribution < -0.4 is 5.32 Å². The molecular weight excluding hydrogens is 446 g/mol. The molecule has 2 fully saturated rings. The van der Waals surface area contributed by atoms with E-state index in [0.29, 0.717) is 24.3 Å². The molecule has 1 saturated carbocycles. The number of unbranched alkanes of at least 4 members (excludes halogenated alkanes) is 1. The molecule has 1 heterocycles. The average molecular weight is 494 g/mol. The summed E-state index contributed by atoms with van der Waals surface area (Å²) in [5.41, 5.74) is 0.848. The Morgan fingerprint density at radius 2 is 1.72 bits per heavy atom. The molecule has 0 spiro atoms. The number of amides is 2. The van der Waals surface area contributed by atoms with Crippen LogP contribution in [0, 0.1) is 28.6 Å². The largest absolute Gasteiger partial charge is 0.352 e. The molecule has 5 heteroatoms. The van der Waals surface area contributed by atoms with Crippen LogP contribution in [0.5, 0.6) is 0 Å². The smallest absolute Gasteiger partial charge is 0.243 e. The van der Waals surface area contributed by atoms with E-state index >= 15 is 0 Å². The van der Waals surface area contributed by atoms with Crippen molar-refractivity contribution in [1.82, 2.24) is 10.2 Å². The maximum atomic E-state index is 13.1. The number of nitrogens with one attached hydrogen (secondary N) is 1. The highest BCUT2D eigenvalue weighted by atomic mass is 16.2. The molecule has 3 rings (SSSR count). The van der Waals surface area contributed by atoms with Gasteiger partial charge in [-0.15, -0.1) is 0 Å². The molecule has 1 aliphatic heterocycles. The van der Waals surface area contributed by atoms with Crippen LogP contribution in [0.3, 0.4) is 0 Å². The van der Waals surface area contributed by atoms with Crippen LogP contribution in [0.2, 0.25) is 0 Å². The fourth-order valence-corrected chi connectivity index (χ4v) is 6.31. The first-order valence-corrected chi connectivity index (χ1v) is 14.1. The number of likely N-dealkylation sites (tertiary alicyclic amines) is 1. The Balaban J connectivity index is 1.48. The summed E-state index contributed by atoms with van der Waals surface area (Å²) in [5, 5.41) is 13.4. The van der Waals surface area contributed by atoms with Crippen molar-refractivity contribution in [2.45, 2.75) is 116 Å². The Morgan fingerprint density at radius 3 is 2.31 bits per heavy atom. The molecule has 1 aromatic rings. The number of benzene rings is 1. The van der Waals surface area contributed by atoms with Gasteiger partial charge in [0.05, 0.1) is 11.5 Å². The van der Waals surface area contributed by atoms with E-state index in [1.807, 2.05) is 35.2 Å². The Bertz CT molecular complexity index is 906. The van der Waals surface area contributed by atoms with Crippen LogP contribution in [0.4, 0.5) is 0 Å². The van der Waals surface area contributed by atoms with Gasteiger partial charge in [-0.25, -0.2) is 0 Å². The van der Waals surface area contributed by atoms with E-state index in [1.165, 1.54) is 0 Å². The number of hydrogen-bond acceptors (Lipinski definition) is 3. The summed E-state index contributed by atoms with van der Waals surface area (Å²) < 4.78 is 0. The molecule has 1 N–H and O–H groups in total. The highest BCUT2D eigenvalue weighted by Crippen LogP contribution is 2.38. The molecule has 198 valence electrons. The molecule has 0 radical (unpaired) electrons. The van der Waals surface area contributed by atoms with E-state index < -0.39 is 5.41 Å². The summed E-state index contributed by atoms with van der Waals surface area (Å²) in [4.78, 5) is 28.0. The third-order valence-electron chi connectivity index (χ3n) is 8.86. The van der Waals surface area contributed by atoms with Crippen molar-refractivity contribution in [3.63, 3.8) is 0 Å². The summed E-state index contributed by atoms with van der Waals surface area (Å²) in [6.07, 6.45) is 8.76. The van der Waals surface area contributed by atoms with Gasteiger partial charge in [-0.3, -0.25) is 9.59 Å². The molecule has 0 unspecified atom stereocenters. The minimum Gasteiger partial charge on any atom is -0.352 e. The van der Waals surface area contributed by atoms with Gasteiger partial charge in [-0.1, -0.05) is 71.4 Å². The zero-order chi connectivity index (χ0) is 26.3. The normalized spacial score (nSPS) is 24.2. The van der Waals surface area contributed by atoms with Gasteiger partial charge < -0.3 is 10.2 Å². The lowest BCUT2D eigenvalue weighted by Crippen LogP contribution is -2.49. The van der Waals surface area contributed by atoms with Gasteiger partial charge in [0.15, 0.2) is 0 Å². The topological polar surface area (TPSA) is 73.2 Å². The van der Waals surface area contributed by atoms with Crippen LogP contribution in [-0.4, -0.2) is 35.3 Å². The van der Waals surface area contributed by atoms with Gasteiger partial charge in [-0.05, 0) is 74.2 Å². The summed E-state index contributed by atoms with van der Waals surface area (Å²) in [6.45, 7) is 11.8. The van der Waals surface area contributed by atoms with Crippen LogP contribution in [-0.2, 0) is 15.0 Å². The molecule has 0 aromatic heterocycles. The van der Waals surface area contributed by atoms with Gasteiger partial charge in [0, 0.05) is 19.0 Å². The van der Waals surface area contributed by atoms with Crippen LogP contribution in [0.25, 0.3) is 0 Å². The van der Waals surface area contributed by atoms with Gasteiger partial charge in [0.2, 0.25) is 11.8 Å². The fourth-order valence-electron chi connectivity index (χ4n) is 6.31. The van der Waals surface area contributed by atoms with Crippen LogP contribution in [0.15, 0.2) is 30.3 Å². The second-order valence-electron chi connectivity index (χ2n) is 12.5. The fraction of sp³-hybridized carbons (Fsp3) is 0.710.